The van der Waals surface area contributed by atoms with Gasteiger partial charge >= 0.3 is 0 Å². The van der Waals surface area contributed by atoms with Crippen molar-refractivity contribution in [2.45, 2.75) is 31.9 Å². The Balaban J connectivity index is 1.80. The maximum atomic E-state index is 11.0. The summed E-state index contributed by atoms with van der Waals surface area (Å²) in [6.07, 6.45) is 4.92. The Bertz CT molecular complexity index is 918. The van der Waals surface area contributed by atoms with E-state index in [-0.39, 0.29) is 0 Å². The van der Waals surface area contributed by atoms with Crippen LogP contribution in [0.4, 0.5) is 0 Å². The Hall–Kier alpha value is -1.88. The van der Waals surface area contributed by atoms with Crippen molar-refractivity contribution in [3.8, 4) is 0 Å². The molecule has 4 nitrogen and oxygen atoms in total. The van der Waals surface area contributed by atoms with Crippen molar-refractivity contribution in [1.82, 2.24) is 14.9 Å². The Labute approximate surface area is 152 Å². The topological polar surface area (TPSA) is 52.2 Å². The molecule has 5 heteroatoms. The molecule has 0 radical (unpaired) electrons. The number of benzene rings is 1. The number of halogens is 1. The Kier molecular flexibility index (Phi) is 4.07. The van der Waals surface area contributed by atoms with Crippen molar-refractivity contribution in [1.29, 1.82) is 0 Å². The number of hydrogen-bond acceptors (Lipinski definition) is 3. The molecule has 1 unspecified atom stereocenters. The standard InChI is InChI=1S/C20H22ClN3O/c1-20(25,14-4-3-6-22-11-14)10-13-8-15(21)9-16-17-12-24(2)7-5-18(17)23-19(13)16/h3-4,6,8-9,11,23,25H,5,7,10,12H2,1-2H3. The van der Waals surface area contributed by atoms with Crippen molar-refractivity contribution < 1.29 is 5.11 Å². The molecule has 4 rings (SSSR count). The van der Waals surface area contributed by atoms with Crippen LogP contribution in [-0.2, 0) is 25.0 Å². The van der Waals surface area contributed by atoms with E-state index in [1.54, 1.807) is 12.4 Å². The number of aromatic nitrogens is 2. The van der Waals surface area contributed by atoms with E-state index in [1.165, 1.54) is 16.6 Å². The third-order valence-electron chi connectivity index (χ3n) is 5.14. The molecule has 130 valence electrons. The number of H-pyrrole nitrogens is 1. The monoisotopic (exact) mass is 355 g/mol. The fraction of sp³-hybridized carbons (Fsp3) is 0.350. The van der Waals surface area contributed by atoms with Crippen molar-refractivity contribution in [2.75, 3.05) is 13.6 Å². The fourth-order valence-electron chi connectivity index (χ4n) is 3.78. The van der Waals surface area contributed by atoms with Gasteiger partial charge in [-0.25, -0.2) is 0 Å². The highest BCUT2D eigenvalue weighted by Crippen LogP contribution is 2.35. The van der Waals surface area contributed by atoms with Gasteiger partial charge in [0, 0.05) is 65.5 Å². The summed E-state index contributed by atoms with van der Waals surface area (Å²) in [7, 11) is 2.14. The minimum absolute atomic E-state index is 0.477. The molecule has 0 spiro atoms. The lowest BCUT2D eigenvalue weighted by atomic mass is 9.89. The van der Waals surface area contributed by atoms with Gasteiger partial charge in [0.2, 0.25) is 0 Å². The maximum absolute atomic E-state index is 11.0. The molecule has 0 fully saturated rings. The van der Waals surface area contributed by atoms with Crippen molar-refractivity contribution in [3.63, 3.8) is 0 Å². The average Bonchev–Trinajstić information content (AvgIpc) is 2.93. The smallest absolute Gasteiger partial charge is 0.0924 e. The molecule has 2 N–H and O–H groups in total. The molecule has 1 aliphatic heterocycles. The molecule has 3 heterocycles. The SMILES string of the molecule is CN1CCc2[nH]c3c(CC(C)(O)c4cccnc4)cc(Cl)cc3c2C1. The largest absolute Gasteiger partial charge is 0.385 e. The van der Waals surface area contributed by atoms with E-state index in [9.17, 15) is 5.11 Å². The van der Waals surface area contributed by atoms with Crippen LogP contribution in [0.5, 0.6) is 0 Å². The number of rotatable bonds is 3. The lowest BCUT2D eigenvalue weighted by molar-refractivity contribution is 0.0576. The number of aromatic amines is 1. The summed E-state index contributed by atoms with van der Waals surface area (Å²) in [5.74, 6) is 0. The van der Waals surface area contributed by atoms with E-state index in [1.807, 2.05) is 31.2 Å². The van der Waals surface area contributed by atoms with Crippen molar-refractivity contribution >= 4 is 22.5 Å². The first kappa shape index (κ1) is 16.6. The Morgan fingerprint density at radius 3 is 3.00 bits per heavy atom. The second-order valence-corrected chi connectivity index (χ2v) is 7.69. The van der Waals surface area contributed by atoms with E-state index in [0.29, 0.717) is 11.4 Å². The number of nitrogens with zero attached hydrogens (tertiary/aromatic N) is 2. The minimum atomic E-state index is -1.01. The molecule has 0 saturated heterocycles. The van der Waals surface area contributed by atoms with Gasteiger partial charge in [-0.1, -0.05) is 17.7 Å². The van der Waals surface area contributed by atoms with Gasteiger partial charge in [-0.2, -0.15) is 0 Å². The quantitative estimate of drug-likeness (QED) is 0.754. The van der Waals surface area contributed by atoms with Crippen LogP contribution in [0.3, 0.4) is 0 Å². The summed E-state index contributed by atoms with van der Waals surface area (Å²) in [6, 6.07) is 7.75. The molecular weight excluding hydrogens is 334 g/mol. The molecule has 1 aliphatic rings. The van der Waals surface area contributed by atoms with Crippen LogP contribution in [0.1, 0.15) is 29.3 Å². The first-order valence-corrected chi connectivity index (χ1v) is 8.95. The molecular formula is C20H22ClN3O. The van der Waals surface area contributed by atoms with Crippen molar-refractivity contribution in [2.24, 2.45) is 0 Å². The van der Waals surface area contributed by atoms with Gasteiger partial charge in [0.05, 0.1) is 5.60 Å². The highest BCUT2D eigenvalue weighted by Gasteiger charge is 2.27. The van der Waals surface area contributed by atoms with Gasteiger partial charge in [0.25, 0.3) is 0 Å². The van der Waals surface area contributed by atoms with Gasteiger partial charge < -0.3 is 15.0 Å². The lowest BCUT2D eigenvalue weighted by Gasteiger charge is -2.24. The fourth-order valence-corrected chi connectivity index (χ4v) is 4.02. The summed E-state index contributed by atoms with van der Waals surface area (Å²) in [5, 5.41) is 12.9. The van der Waals surface area contributed by atoms with Gasteiger partial charge in [0.15, 0.2) is 0 Å². The first-order valence-electron chi connectivity index (χ1n) is 8.57. The molecule has 0 bridgehead atoms. The number of nitrogens with one attached hydrogen (secondary N) is 1. The summed E-state index contributed by atoms with van der Waals surface area (Å²) in [5.41, 5.74) is 4.54. The molecule has 2 aromatic heterocycles. The summed E-state index contributed by atoms with van der Waals surface area (Å²) in [4.78, 5) is 10.1. The molecule has 0 saturated carbocycles. The van der Waals surface area contributed by atoms with Crippen molar-refractivity contribution in [3.05, 3.63) is 64.1 Å². The van der Waals surface area contributed by atoms with Crippen LogP contribution in [-0.4, -0.2) is 33.6 Å². The number of fused-ring (bicyclic) bond motifs is 3. The second kappa shape index (κ2) is 6.13. The third-order valence-corrected chi connectivity index (χ3v) is 5.36. The van der Waals surface area contributed by atoms with Crippen LogP contribution in [0.15, 0.2) is 36.7 Å². The van der Waals surface area contributed by atoms with Crippen LogP contribution in [0, 0.1) is 0 Å². The minimum Gasteiger partial charge on any atom is -0.385 e. The van der Waals surface area contributed by atoms with Crippen LogP contribution in [0.2, 0.25) is 5.02 Å². The van der Waals surface area contributed by atoms with E-state index >= 15 is 0 Å². The first-order chi connectivity index (χ1) is 11.9. The molecule has 0 aliphatic carbocycles. The number of aliphatic hydroxyl groups is 1. The summed E-state index contributed by atoms with van der Waals surface area (Å²) < 4.78 is 0. The van der Waals surface area contributed by atoms with Gasteiger partial charge in [-0.15, -0.1) is 0 Å². The zero-order valence-electron chi connectivity index (χ0n) is 14.5. The number of hydrogen-bond donors (Lipinski definition) is 2. The van der Waals surface area contributed by atoms with Crippen LogP contribution in [0.25, 0.3) is 10.9 Å². The maximum Gasteiger partial charge on any atom is 0.0924 e. The van der Waals surface area contributed by atoms with Gasteiger partial charge in [-0.05, 0) is 43.3 Å². The Morgan fingerprint density at radius 2 is 2.24 bits per heavy atom. The molecule has 3 aromatic rings. The van der Waals surface area contributed by atoms with E-state index in [2.05, 4.69) is 21.9 Å². The summed E-state index contributed by atoms with van der Waals surface area (Å²) in [6.45, 7) is 3.80. The number of pyridine rings is 1. The molecule has 0 amide bonds. The predicted octanol–water partition coefficient (Wildman–Crippen LogP) is 3.65. The van der Waals surface area contributed by atoms with Gasteiger partial charge in [-0.3, -0.25) is 4.98 Å². The predicted molar refractivity (Wildman–Crippen MR) is 101 cm³/mol. The highest BCUT2D eigenvalue weighted by atomic mass is 35.5. The zero-order chi connectivity index (χ0) is 17.6. The molecule has 25 heavy (non-hydrogen) atoms. The number of likely N-dealkylation sites (N-methyl/N-ethyl adjacent to an activating group) is 1. The Morgan fingerprint density at radius 1 is 1.40 bits per heavy atom. The third kappa shape index (κ3) is 3.06. The normalized spacial score (nSPS) is 17.4. The van der Waals surface area contributed by atoms with Crippen LogP contribution < -0.4 is 0 Å². The van der Waals surface area contributed by atoms with E-state index < -0.39 is 5.60 Å². The molecule has 1 atom stereocenters. The van der Waals surface area contributed by atoms with Gasteiger partial charge in [0.1, 0.15) is 0 Å². The second-order valence-electron chi connectivity index (χ2n) is 7.25. The highest BCUT2D eigenvalue weighted by molar-refractivity contribution is 6.31. The van der Waals surface area contributed by atoms with E-state index in [0.717, 1.165) is 36.2 Å². The average molecular weight is 356 g/mol. The lowest BCUT2D eigenvalue weighted by Crippen LogP contribution is -2.25. The van der Waals surface area contributed by atoms with E-state index in [4.69, 9.17) is 11.6 Å². The molecule has 1 aromatic carbocycles. The summed E-state index contributed by atoms with van der Waals surface area (Å²) >= 11 is 6.41. The van der Waals surface area contributed by atoms with Crippen LogP contribution >= 0.6 is 11.6 Å². The zero-order valence-corrected chi connectivity index (χ0v) is 15.3.